The van der Waals surface area contributed by atoms with Crippen molar-refractivity contribution in [1.82, 2.24) is 4.98 Å². The molecule has 0 N–H and O–H groups in total. The average molecular weight is 433 g/mol. The number of thiazole rings is 1. The van der Waals surface area contributed by atoms with Gasteiger partial charge in [-0.25, -0.2) is 4.98 Å². The van der Waals surface area contributed by atoms with Gasteiger partial charge in [-0.15, -0.1) is 11.8 Å². The first kappa shape index (κ1) is 20.6. The highest BCUT2D eigenvalue weighted by molar-refractivity contribution is 7.99. The number of anilines is 1. The van der Waals surface area contributed by atoms with Crippen molar-refractivity contribution >= 4 is 44.4 Å². The fourth-order valence-electron chi connectivity index (χ4n) is 3.33. The molecule has 1 aromatic heterocycles. The van der Waals surface area contributed by atoms with Crippen LogP contribution in [-0.2, 0) is 17.8 Å². The number of fused-ring (bicyclic) bond motifs is 1. The molecule has 0 aliphatic carbocycles. The number of rotatable bonds is 8. The van der Waals surface area contributed by atoms with Crippen molar-refractivity contribution in [2.24, 2.45) is 0 Å². The molecule has 0 saturated carbocycles. The predicted octanol–water partition coefficient (Wildman–Crippen LogP) is 6.57. The van der Waals surface area contributed by atoms with E-state index in [1.54, 1.807) is 23.1 Å². The number of hydrogen-bond donors (Lipinski definition) is 0. The molecule has 30 heavy (non-hydrogen) atoms. The molecule has 0 radical (unpaired) electrons. The standard InChI is InChI=1S/C25H24N2OS2/c1-2-20-12-9-15-22-24(20)26-25(30-22)27(18-19-10-5-3-6-11-19)23(28)16-17-29-21-13-7-4-8-14-21/h3-15H,2,16-18H2,1H3. The third-order valence-electron chi connectivity index (χ3n) is 4.92. The van der Waals surface area contributed by atoms with Gasteiger partial charge < -0.3 is 0 Å². The zero-order chi connectivity index (χ0) is 20.8. The summed E-state index contributed by atoms with van der Waals surface area (Å²) in [5, 5.41) is 0.782. The van der Waals surface area contributed by atoms with Crippen molar-refractivity contribution in [2.75, 3.05) is 10.7 Å². The van der Waals surface area contributed by atoms with Crippen LogP contribution in [-0.4, -0.2) is 16.6 Å². The largest absolute Gasteiger partial charge is 0.284 e. The van der Waals surface area contributed by atoms with Crippen molar-refractivity contribution in [2.45, 2.75) is 31.2 Å². The predicted molar refractivity (Wildman–Crippen MR) is 128 cm³/mol. The summed E-state index contributed by atoms with van der Waals surface area (Å²) in [4.78, 5) is 21.2. The minimum absolute atomic E-state index is 0.111. The molecule has 0 saturated heterocycles. The van der Waals surface area contributed by atoms with Crippen LogP contribution in [0.2, 0.25) is 0 Å². The quantitative estimate of drug-likeness (QED) is 0.295. The molecule has 5 heteroatoms. The lowest BCUT2D eigenvalue weighted by Gasteiger charge is -2.20. The number of hydrogen-bond acceptors (Lipinski definition) is 4. The number of amides is 1. The summed E-state index contributed by atoms with van der Waals surface area (Å²) in [5.41, 5.74) is 3.35. The second-order valence-electron chi connectivity index (χ2n) is 6.99. The van der Waals surface area contributed by atoms with E-state index >= 15 is 0 Å². The van der Waals surface area contributed by atoms with E-state index in [0.29, 0.717) is 13.0 Å². The zero-order valence-corrected chi connectivity index (χ0v) is 18.6. The normalized spacial score (nSPS) is 11.0. The first-order valence-corrected chi connectivity index (χ1v) is 12.0. The third-order valence-corrected chi connectivity index (χ3v) is 6.97. The SMILES string of the molecule is CCc1cccc2sc(N(Cc3ccccc3)C(=O)CCSc3ccccc3)nc12. The number of benzene rings is 3. The van der Waals surface area contributed by atoms with E-state index in [-0.39, 0.29) is 5.91 Å². The van der Waals surface area contributed by atoms with Crippen molar-refractivity contribution in [3.63, 3.8) is 0 Å². The van der Waals surface area contributed by atoms with Crippen molar-refractivity contribution < 1.29 is 4.79 Å². The van der Waals surface area contributed by atoms with Gasteiger partial charge in [0, 0.05) is 17.1 Å². The van der Waals surface area contributed by atoms with Crippen LogP contribution < -0.4 is 4.90 Å². The molecular formula is C25H24N2OS2. The number of carbonyl (C=O) groups excluding carboxylic acids is 1. The maximum Gasteiger partial charge on any atom is 0.229 e. The van der Waals surface area contributed by atoms with Gasteiger partial charge in [-0.1, -0.05) is 78.9 Å². The summed E-state index contributed by atoms with van der Waals surface area (Å²) in [5.74, 6) is 0.860. The van der Waals surface area contributed by atoms with Crippen LogP contribution in [0.4, 0.5) is 5.13 Å². The lowest BCUT2D eigenvalue weighted by atomic mass is 10.1. The van der Waals surface area contributed by atoms with Gasteiger partial charge in [0.25, 0.3) is 0 Å². The number of aryl methyl sites for hydroxylation is 1. The monoisotopic (exact) mass is 432 g/mol. The Kier molecular flexibility index (Phi) is 6.82. The summed E-state index contributed by atoms with van der Waals surface area (Å²) < 4.78 is 1.13. The second kappa shape index (κ2) is 9.92. The molecule has 0 fully saturated rings. The topological polar surface area (TPSA) is 33.2 Å². The van der Waals surface area contributed by atoms with E-state index in [1.165, 1.54) is 10.5 Å². The third kappa shape index (κ3) is 4.91. The highest BCUT2D eigenvalue weighted by Crippen LogP contribution is 2.32. The Labute approximate surface area is 185 Å². The Morgan fingerprint density at radius 1 is 0.967 bits per heavy atom. The van der Waals surface area contributed by atoms with E-state index < -0.39 is 0 Å². The molecule has 0 atom stereocenters. The number of aromatic nitrogens is 1. The average Bonchev–Trinajstić information content (AvgIpc) is 3.23. The van der Waals surface area contributed by atoms with Gasteiger partial charge in [-0.2, -0.15) is 0 Å². The minimum Gasteiger partial charge on any atom is -0.284 e. The van der Waals surface area contributed by atoms with Gasteiger partial charge in [-0.3, -0.25) is 9.69 Å². The van der Waals surface area contributed by atoms with Gasteiger partial charge in [0.05, 0.1) is 16.8 Å². The molecule has 0 aliphatic heterocycles. The Balaban J connectivity index is 1.57. The highest BCUT2D eigenvalue weighted by Gasteiger charge is 2.20. The maximum absolute atomic E-state index is 13.2. The summed E-state index contributed by atoms with van der Waals surface area (Å²) >= 11 is 3.31. The lowest BCUT2D eigenvalue weighted by Crippen LogP contribution is -2.30. The molecule has 0 aliphatic rings. The minimum atomic E-state index is 0.111. The van der Waals surface area contributed by atoms with Gasteiger partial charge in [0.1, 0.15) is 0 Å². The Morgan fingerprint density at radius 3 is 2.43 bits per heavy atom. The van der Waals surface area contributed by atoms with Crippen LogP contribution in [0.25, 0.3) is 10.2 Å². The van der Waals surface area contributed by atoms with Crippen molar-refractivity contribution in [1.29, 1.82) is 0 Å². The highest BCUT2D eigenvalue weighted by atomic mass is 32.2. The molecule has 0 unspecified atom stereocenters. The number of para-hydroxylation sites is 1. The first-order valence-electron chi connectivity index (χ1n) is 10.1. The summed E-state index contributed by atoms with van der Waals surface area (Å²) in [6.45, 7) is 2.68. The van der Waals surface area contributed by atoms with Gasteiger partial charge in [0.2, 0.25) is 5.91 Å². The van der Waals surface area contributed by atoms with Gasteiger partial charge in [-0.05, 0) is 35.7 Å². The zero-order valence-electron chi connectivity index (χ0n) is 17.0. The molecular weight excluding hydrogens is 408 g/mol. The maximum atomic E-state index is 13.2. The molecule has 0 bridgehead atoms. The van der Waals surface area contributed by atoms with E-state index in [9.17, 15) is 4.79 Å². The Hall–Kier alpha value is -2.63. The fraction of sp³-hybridized carbons (Fsp3) is 0.200. The van der Waals surface area contributed by atoms with Crippen LogP contribution in [0.1, 0.15) is 24.5 Å². The Morgan fingerprint density at radius 2 is 1.70 bits per heavy atom. The molecule has 4 aromatic rings. The van der Waals surface area contributed by atoms with Crippen LogP contribution in [0.15, 0.2) is 83.8 Å². The number of nitrogens with zero attached hydrogens (tertiary/aromatic N) is 2. The smallest absolute Gasteiger partial charge is 0.229 e. The number of thioether (sulfide) groups is 1. The summed E-state index contributed by atoms with van der Waals surface area (Å²) in [7, 11) is 0. The van der Waals surface area contributed by atoms with E-state index in [4.69, 9.17) is 4.98 Å². The molecule has 1 amide bonds. The number of carbonyl (C=O) groups is 1. The molecule has 152 valence electrons. The van der Waals surface area contributed by atoms with Gasteiger partial charge in [0.15, 0.2) is 5.13 Å². The van der Waals surface area contributed by atoms with E-state index in [2.05, 4.69) is 49.4 Å². The fourth-order valence-corrected chi connectivity index (χ4v) is 5.22. The van der Waals surface area contributed by atoms with Crippen molar-refractivity contribution in [3.8, 4) is 0 Å². The molecule has 4 rings (SSSR count). The summed E-state index contributed by atoms with van der Waals surface area (Å²) in [6.07, 6.45) is 1.41. The van der Waals surface area contributed by atoms with Crippen LogP contribution in [0, 0.1) is 0 Å². The van der Waals surface area contributed by atoms with Crippen molar-refractivity contribution in [3.05, 3.63) is 90.0 Å². The second-order valence-corrected chi connectivity index (χ2v) is 9.17. The molecule has 1 heterocycles. The summed E-state index contributed by atoms with van der Waals surface area (Å²) in [6, 6.07) is 26.6. The molecule has 0 spiro atoms. The lowest BCUT2D eigenvalue weighted by molar-refractivity contribution is -0.118. The molecule has 3 aromatic carbocycles. The Bertz CT molecular complexity index is 1110. The van der Waals surface area contributed by atoms with Crippen LogP contribution >= 0.6 is 23.1 Å². The van der Waals surface area contributed by atoms with E-state index in [1.807, 2.05) is 41.3 Å². The van der Waals surface area contributed by atoms with Gasteiger partial charge >= 0.3 is 0 Å². The molecule has 3 nitrogen and oxygen atoms in total. The van der Waals surface area contributed by atoms with Crippen LogP contribution in [0.5, 0.6) is 0 Å². The first-order chi connectivity index (χ1) is 14.7. The van der Waals surface area contributed by atoms with Crippen LogP contribution in [0.3, 0.4) is 0 Å². The van der Waals surface area contributed by atoms with E-state index in [0.717, 1.165) is 33.1 Å².